The molecule has 7 heteroatoms. The summed E-state index contributed by atoms with van der Waals surface area (Å²) in [6.45, 7) is 7.73. The van der Waals surface area contributed by atoms with Crippen LogP contribution in [0.25, 0.3) is 0 Å². The molecule has 0 unspecified atom stereocenters. The fourth-order valence-corrected chi connectivity index (χ4v) is 1.87. The first-order chi connectivity index (χ1) is 9.31. The average molecular weight is 289 g/mol. The number of nitrogens with zero attached hydrogens (tertiary/aromatic N) is 3. The highest BCUT2D eigenvalue weighted by Gasteiger charge is 2.17. The van der Waals surface area contributed by atoms with Gasteiger partial charge in [-0.15, -0.1) is 10.2 Å². The van der Waals surface area contributed by atoms with Crippen molar-refractivity contribution in [2.24, 2.45) is 0 Å². The van der Waals surface area contributed by atoms with E-state index in [4.69, 9.17) is 21.4 Å². The molecular weight excluding hydrogens is 268 g/mol. The van der Waals surface area contributed by atoms with Crippen LogP contribution < -0.4 is 15.0 Å². The van der Waals surface area contributed by atoms with Gasteiger partial charge >= 0.3 is 0 Å². The van der Waals surface area contributed by atoms with E-state index < -0.39 is 0 Å². The number of hydrogen-bond donors (Lipinski definition) is 2. The minimum atomic E-state index is -0.0503. The Labute approximate surface area is 118 Å². The predicted octanol–water partition coefficient (Wildman–Crippen LogP) is 0.937. The highest BCUT2D eigenvalue weighted by Crippen LogP contribution is 2.27. The standard InChI is InChI=1S/C10H15ClN4O2.C2H6/c11-9-7-8(15-3-1-12-2-4-15)10(14-13-9)17-6-5-16;1-2/h7,12,16H,1-6H2;1-2H3. The first kappa shape index (κ1) is 15.9. The maximum absolute atomic E-state index is 8.76. The summed E-state index contributed by atoms with van der Waals surface area (Å²) in [5, 5.41) is 20.0. The Morgan fingerprint density at radius 3 is 2.68 bits per heavy atom. The minimum absolute atomic E-state index is 0.0503. The Morgan fingerprint density at radius 2 is 2.05 bits per heavy atom. The van der Waals surface area contributed by atoms with Crippen molar-refractivity contribution in [1.29, 1.82) is 0 Å². The normalized spacial score (nSPS) is 14.6. The van der Waals surface area contributed by atoms with E-state index in [1.165, 1.54) is 0 Å². The highest BCUT2D eigenvalue weighted by molar-refractivity contribution is 6.29. The number of piperazine rings is 1. The van der Waals surface area contributed by atoms with Crippen molar-refractivity contribution in [2.75, 3.05) is 44.3 Å². The summed E-state index contributed by atoms with van der Waals surface area (Å²) in [5.74, 6) is 0.422. The van der Waals surface area contributed by atoms with Crippen LogP contribution in [-0.2, 0) is 0 Å². The summed E-state index contributed by atoms with van der Waals surface area (Å²) < 4.78 is 5.35. The van der Waals surface area contributed by atoms with Crippen molar-refractivity contribution in [3.8, 4) is 5.88 Å². The molecule has 1 fully saturated rings. The van der Waals surface area contributed by atoms with E-state index in [-0.39, 0.29) is 13.2 Å². The van der Waals surface area contributed by atoms with Gasteiger partial charge in [0, 0.05) is 32.2 Å². The van der Waals surface area contributed by atoms with E-state index in [1.54, 1.807) is 6.07 Å². The molecule has 0 bridgehead atoms. The van der Waals surface area contributed by atoms with Gasteiger partial charge in [0.25, 0.3) is 5.88 Å². The van der Waals surface area contributed by atoms with E-state index in [0.29, 0.717) is 11.0 Å². The number of rotatable bonds is 4. The average Bonchev–Trinajstić information content (AvgIpc) is 2.49. The van der Waals surface area contributed by atoms with Gasteiger partial charge in [0.15, 0.2) is 5.15 Å². The molecule has 2 heterocycles. The number of anilines is 1. The minimum Gasteiger partial charge on any atom is -0.473 e. The van der Waals surface area contributed by atoms with Gasteiger partial charge in [0.2, 0.25) is 0 Å². The zero-order valence-corrected chi connectivity index (χ0v) is 12.2. The van der Waals surface area contributed by atoms with Crippen LogP contribution in [0.2, 0.25) is 5.15 Å². The first-order valence-corrected chi connectivity index (χ1v) is 6.91. The van der Waals surface area contributed by atoms with Crippen molar-refractivity contribution < 1.29 is 9.84 Å². The van der Waals surface area contributed by atoms with Crippen LogP contribution in [0, 0.1) is 0 Å². The molecule has 1 aliphatic heterocycles. The fraction of sp³-hybridized carbons (Fsp3) is 0.667. The van der Waals surface area contributed by atoms with E-state index in [9.17, 15) is 0 Å². The number of hydrogen-bond acceptors (Lipinski definition) is 6. The number of ether oxygens (including phenoxy) is 1. The van der Waals surface area contributed by atoms with Crippen molar-refractivity contribution in [3.05, 3.63) is 11.2 Å². The van der Waals surface area contributed by atoms with Gasteiger partial charge in [0.1, 0.15) is 12.3 Å². The lowest BCUT2D eigenvalue weighted by Crippen LogP contribution is -2.43. The second kappa shape index (κ2) is 8.90. The van der Waals surface area contributed by atoms with Crippen molar-refractivity contribution in [2.45, 2.75) is 13.8 Å². The Hall–Kier alpha value is -1.11. The van der Waals surface area contributed by atoms with Crippen molar-refractivity contribution in [1.82, 2.24) is 15.5 Å². The van der Waals surface area contributed by atoms with Gasteiger partial charge in [0.05, 0.1) is 6.61 Å². The van der Waals surface area contributed by atoms with Crippen LogP contribution >= 0.6 is 11.6 Å². The Kier molecular flexibility index (Phi) is 7.47. The summed E-state index contributed by atoms with van der Waals surface area (Å²) in [6, 6.07) is 1.74. The molecule has 19 heavy (non-hydrogen) atoms. The monoisotopic (exact) mass is 288 g/mol. The first-order valence-electron chi connectivity index (χ1n) is 6.54. The molecule has 0 atom stereocenters. The zero-order valence-electron chi connectivity index (χ0n) is 11.4. The van der Waals surface area contributed by atoms with Crippen LogP contribution in [0.5, 0.6) is 5.88 Å². The number of aliphatic hydroxyl groups excluding tert-OH is 1. The zero-order chi connectivity index (χ0) is 14.1. The third-order valence-electron chi connectivity index (χ3n) is 2.50. The molecule has 1 aromatic rings. The van der Waals surface area contributed by atoms with E-state index in [2.05, 4.69) is 20.4 Å². The molecule has 0 aliphatic carbocycles. The third-order valence-corrected chi connectivity index (χ3v) is 2.68. The molecule has 0 spiro atoms. The number of nitrogens with one attached hydrogen (secondary N) is 1. The van der Waals surface area contributed by atoms with Gasteiger partial charge in [-0.3, -0.25) is 0 Å². The lowest BCUT2D eigenvalue weighted by atomic mass is 10.3. The summed E-state index contributed by atoms with van der Waals surface area (Å²) >= 11 is 5.85. The van der Waals surface area contributed by atoms with Gasteiger partial charge < -0.3 is 20.1 Å². The van der Waals surface area contributed by atoms with E-state index >= 15 is 0 Å². The van der Waals surface area contributed by atoms with Crippen LogP contribution in [0.1, 0.15) is 13.8 Å². The molecular formula is C12H21ClN4O2. The van der Waals surface area contributed by atoms with Crippen LogP contribution in [-0.4, -0.2) is 54.7 Å². The smallest absolute Gasteiger partial charge is 0.257 e. The molecule has 0 radical (unpaired) electrons. The molecule has 2 N–H and O–H groups in total. The SMILES string of the molecule is CC.OCCOc1nnc(Cl)cc1N1CCNCC1. The topological polar surface area (TPSA) is 70.5 Å². The van der Waals surface area contributed by atoms with Gasteiger partial charge in [-0.2, -0.15) is 0 Å². The van der Waals surface area contributed by atoms with Crippen LogP contribution in [0.15, 0.2) is 6.07 Å². The van der Waals surface area contributed by atoms with Crippen molar-refractivity contribution in [3.63, 3.8) is 0 Å². The van der Waals surface area contributed by atoms with E-state index in [1.807, 2.05) is 13.8 Å². The summed E-state index contributed by atoms with van der Waals surface area (Å²) in [7, 11) is 0. The Balaban J connectivity index is 0.000000861. The quantitative estimate of drug-likeness (QED) is 0.859. The lowest BCUT2D eigenvalue weighted by Gasteiger charge is -2.30. The van der Waals surface area contributed by atoms with Gasteiger partial charge in [-0.1, -0.05) is 25.4 Å². The van der Waals surface area contributed by atoms with Crippen LogP contribution in [0.3, 0.4) is 0 Å². The molecule has 2 rings (SSSR count). The molecule has 1 aromatic heterocycles. The second-order valence-electron chi connectivity index (χ2n) is 3.67. The second-order valence-corrected chi connectivity index (χ2v) is 4.05. The fourth-order valence-electron chi connectivity index (χ4n) is 1.73. The summed E-state index contributed by atoms with van der Waals surface area (Å²) in [6.07, 6.45) is 0. The molecule has 0 aromatic carbocycles. The molecule has 1 saturated heterocycles. The van der Waals surface area contributed by atoms with Gasteiger partial charge in [-0.05, 0) is 0 Å². The maximum Gasteiger partial charge on any atom is 0.257 e. The summed E-state index contributed by atoms with van der Waals surface area (Å²) in [4.78, 5) is 2.14. The molecule has 0 amide bonds. The number of halogens is 1. The van der Waals surface area contributed by atoms with E-state index in [0.717, 1.165) is 31.9 Å². The molecule has 6 nitrogen and oxygen atoms in total. The predicted molar refractivity (Wildman–Crippen MR) is 76.1 cm³/mol. The maximum atomic E-state index is 8.76. The highest BCUT2D eigenvalue weighted by atomic mass is 35.5. The molecule has 108 valence electrons. The number of aliphatic hydroxyl groups is 1. The summed E-state index contributed by atoms with van der Waals surface area (Å²) in [5.41, 5.74) is 0.833. The number of aromatic nitrogens is 2. The van der Waals surface area contributed by atoms with Crippen LogP contribution in [0.4, 0.5) is 5.69 Å². The largest absolute Gasteiger partial charge is 0.473 e. The lowest BCUT2D eigenvalue weighted by molar-refractivity contribution is 0.195. The van der Waals surface area contributed by atoms with Gasteiger partial charge in [-0.25, -0.2) is 0 Å². The molecule has 1 aliphatic rings. The Bertz CT molecular complexity index is 373. The Morgan fingerprint density at radius 1 is 1.37 bits per heavy atom. The third kappa shape index (κ3) is 4.81. The molecule has 0 saturated carbocycles. The van der Waals surface area contributed by atoms with Crippen molar-refractivity contribution >= 4 is 17.3 Å².